The second-order valence-corrected chi connectivity index (χ2v) is 5.88. The highest BCUT2D eigenvalue weighted by molar-refractivity contribution is 6.42. The molecule has 1 aromatic carbocycles. The maximum absolute atomic E-state index is 9.76. The van der Waals surface area contributed by atoms with Gasteiger partial charge in [0.15, 0.2) is 5.65 Å². The number of hydrogen-bond donors (Lipinski definition) is 1. The predicted molar refractivity (Wildman–Crippen MR) is 91.8 cm³/mol. The summed E-state index contributed by atoms with van der Waals surface area (Å²) in [4.78, 5) is 4.53. The van der Waals surface area contributed by atoms with Crippen molar-refractivity contribution >= 4 is 34.2 Å². The van der Waals surface area contributed by atoms with Gasteiger partial charge in [-0.05, 0) is 24.3 Å². The fourth-order valence-electron chi connectivity index (χ4n) is 2.61. The molecule has 4 aromatic rings. The summed E-state index contributed by atoms with van der Waals surface area (Å²) >= 11 is 12.1. The van der Waals surface area contributed by atoms with Crippen LogP contribution < -0.4 is 0 Å². The van der Waals surface area contributed by atoms with Crippen molar-refractivity contribution in [2.45, 2.75) is 0 Å². The van der Waals surface area contributed by atoms with Crippen LogP contribution in [0.5, 0.6) is 0 Å². The molecular formula is C17H8Cl2N4O. The smallest absolute Gasteiger partial charge is 0.156 e. The van der Waals surface area contributed by atoms with Gasteiger partial charge < -0.3 is 4.42 Å². The van der Waals surface area contributed by atoms with Gasteiger partial charge >= 0.3 is 0 Å². The van der Waals surface area contributed by atoms with Crippen molar-refractivity contribution in [1.29, 1.82) is 5.26 Å². The first kappa shape index (κ1) is 14.8. The molecule has 0 atom stereocenters. The Morgan fingerprint density at radius 1 is 1.17 bits per heavy atom. The van der Waals surface area contributed by atoms with Gasteiger partial charge in [-0.15, -0.1) is 0 Å². The van der Waals surface area contributed by atoms with Crippen LogP contribution in [0.2, 0.25) is 10.0 Å². The molecule has 0 aliphatic heterocycles. The Morgan fingerprint density at radius 2 is 2.04 bits per heavy atom. The van der Waals surface area contributed by atoms with Gasteiger partial charge in [0.25, 0.3) is 0 Å². The van der Waals surface area contributed by atoms with Crippen LogP contribution >= 0.6 is 23.2 Å². The molecule has 0 fully saturated rings. The largest absolute Gasteiger partial charge is 0.464 e. The number of furan rings is 1. The van der Waals surface area contributed by atoms with Crippen LogP contribution in [0.3, 0.4) is 0 Å². The fraction of sp³-hybridized carbons (Fsp3) is 0. The molecule has 1 N–H and O–H groups in total. The van der Waals surface area contributed by atoms with Gasteiger partial charge in [0.1, 0.15) is 11.8 Å². The van der Waals surface area contributed by atoms with E-state index in [4.69, 9.17) is 27.6 Å². The number of nitrogens with zero attached hydrogens (tertiary/aromatic N) is 3. The minimum atomic E-state index is 0.386. The highest BCUT2D eigenvalue weighted by atomic mass is 35.5. The maximum atomic E-state index is 9.76. The monoisotopic (exact) mass is 354 g/mol. The van der Waals surface area contributed by atoms with Gasteiger partial charge in [-0.25, -0.2) is 4.98 Å². The number of H-pyrrole nitrogens is 1. The molecule has 5 nitrogen and oxygen atoms in total. The van der Waals surface area contributed by atoms with E-state index in [0.717, 1.165) is 0 Å². The molecule has 7 heteroatoms. The molecule has 0 unspecified atom stereocenters. The van der Waals surface area contributed by atoms with Gasteiger partial charge in [-0.3, -0.25) is 5.10 Å². The van der Waals surface area contributed by atoms with E-state index < -0.39 is 0 Å². The van der Waals surface area contributed by atoms with Gasteiger partial charge in [-0.2, -0.15) is 10.4 Å². The lowest BCUT2D eigenvalue weighted by atomic mass is 9.98. The first-order chi connectivity index (χ1) is 11.7. The molecule has 3 aromatic heterocycles. The van der Waals surface area contributed by atoms with E-state index >= 15 is 0 Å². The van der Waals surface area contributed by atoms with Crippen LogP contribution in [0.4, 0.5) is 0 Å². The fourth-order valence-corrected chi connectivity index (χ4v) is 2.90. The summed E-state index contributed by atoms with van der Waals surface area (Å²) in [7, 11) is 0. The summed E-state index contributed by atoms with van der Waals surface area (Å²) in [5, 5.41) is 18.2. The second kappa shape index (κ2) is 5.68. The van der Waals surface area contributed by atoms with Gasteiger partial charge in [0, 0.05) is 11.1 Å². The molecule has 0 radical (unpaired) electrons. The normalized spacial score (nSPS) is 10.9. The van der Waals surface area contributed by atoms with Crippen LogP contribution in [0.1, 0.15) is 5.56 Å². The third-order valence-electron chi connectivity index (χ3n) is 3.67. The summed E-state index contributed by atoms with van der Waals surface area (Å²) in [5.41, 5.74) is 2.76. The molecule has 116 valence electrons. The molecule has 0 spiro atoms. The third kappa shape index (κ3) is 2.24. The summed E-state index contributed by atoms with van der Waals surface area (Å²) in [6, 6.07) is 10.9. The van der Waals surface area contributed by atoms with Crippen molar-refractivity contribution in [3.05, 3.63) is 58.4 Å². The summed E-state index contributed by atoms with van der Waals surface area (Å²) in [5.74, 6) is 0.571. The number of rotatable bonds is 2. The van der Waals surface area contributed by atoms with Crippen molar-refractivity contribution in [3.63, 3.8) is 0 Å². The number of nitriles is 1. The quantitative estimate of drug-likeness (QED) is 0.545. The zero-order valence-electron chi connectivity index (χ0n) is 12.0. The van der Waals surface area contributed by atoms with E-state index in [9.17, 15) is 5.26 Å². The van der Waals surface area contributed by atoms with E-state index in [-0.39, 0.29) is 0 Å². The Balaban J connectivity index is 2.10. The van der Waals surface area contributed by atoms with E-state index in [1.54, 1.807) is 42.8 Å². The molecule has 0 saturated carbocycles. The Morgan fingerprint density at radius 3 is 2.75 bits per heavy atom. The highest BCUT2D eigenvalue weighted by Gasteiger charge is 2.21. The summed E-state index contributed by atoms with van der Waals surface area (Å²) < 4.78 is 5.51. The molecule has 4 rings (SSSR count). The molecule has 0 aliphatic carbocycles. The number of fused-ring (bicyclic) bond motifs is 1. The first-order valence-electron chi connectivity index (χ1n) is 6.95. The van der Waals surface area contributed by atoms with Crippen LogP contribution in [0.25, 0.3) is 33.6 Å². The van der Waals surface area contributed by atoms with E-state index in [0.29, 0.717) is 49.2 Å². The first-order valence-corrected chi connectivity index (χ1v) is 7.71. The lowest BCUT2D eigenvalue weighted by Crippen LogP contribution is -1.95. The molecule has 24 heavy (non-hydrogen) atoms. The van der Waals surface area contributed by atoms with Crippen LogP contribution in [0, 0.1) is 11.3 Å². The number of benzene rings is 1. The number of halogens is 2. The van der Waals surface area contributed by atoms with E-state index in [1.807, 2.05) is 0 Å². The molecule has 0 amide bonds. The van der Waals surface area contributed by atoms with Gasteiger partial charge in [-0.1, -0.05) is 29.3 Å². The molecule has 3 heterocycles. The molecule has 0 saturated heterocycles. The number of aromatic nitrogens is 3. The predicted octanol–water partition coefficient (Wildman–Crippen LogP) is 5.06. The Hall–Kier alpha value is -2.81. The van der Waals surface area contributed by atoms with E-state index in [1.165, 1.54) is 0 Å². The number of pyridine rings is 1. The lowest BCUT2D eigenvalue weighted by Gasteiger charge is -2.09. The molecular weight excluding hydrogens is 347 g/mol. The third-order valence-corrected chi connectivity index (χ3v) is 4.41. The Kier molecular flexibility index (Phi) is 3.49. The van der Waals surface area contributed by atoms with E-state index in [2.05, 4.69) is 21.3 Å². The average Bonchev–Trinajstić information content (AvgIpc) is 3.26. The van der Waals surface area contributed by atoms with Crippen LogP contribution in [-0.4, -0.2) is 15.2 Å². The Bertz CT molecular complexity index is 1090. The SMILES string of the molecule is N#Cc1c(-c2ccc(Cl)c(Cl)c2)nc2[nH]ncc2c1-c1ccco1. The number of nitrogens with one attached hydrogen (secondary N) is 1. The zero-order valence-corrected chi connectivity index (χ0v) is 13.6. The van der Waals surface area contributed by atoms with Gasteiger partial charge in [0.2, 0.25) is 0 Å². The van der Waals surface area contributed by atoms with Crippen molar-refractivity contribution in [3.8, 4) is 28.7 Å². The summed E-state index contributed by atoms with van der Waals surface area (Å²) in [6.45, 7) is 0. The van der Waals surface area contributed by atoms with Crippen molar-refractivity contribution < 1.29 is 4.42 Å². The lowest BCUT2D eigenvalue weighted by molar-refractivity contribution is 0.583. The van der Waals surface area contributed by atoms with Crippen LogP contribution in [0.15, 0.2) is 47.2 Å². The van der Waals surface area contributed by atoms with Crippen molar-refractivity contribution in [1.82, 2.24) is 15.2 Å². The molecule has 0 aliphatic rings. The number of hydrogen-bond acceptors (Lipinski definition) is 4. The zero-order chi connectivity index (χ0) is 16.7. The second-order valence-electron chi connectivity index (χ2n) is 5.06. The minimum absolute atomic E-state index is 0.386. The van der Waals surface area contributed by atoms with Gasteiger partial charge in [0.05, 0.1) is 39.1 Å². The topological polar surface area (TPSA) is 78.5 Å². The standard InChI is InChI=1S/C17H8Cl2N4O/c18-12-4-3-9(6-13(12)19)16-10(7-20)15(14-2-1-5-24-14)11-8-21-23-17(11)22-16/h1-6,8H,(H,21,22,23). The van der Waals surface area contributed by atoms with Crippen molar-refractivity contribution in [2.75, 3.05) is 0 Å². The molecule has 0 bridgehead atoms. The highest BCUT2D eigenvalue weighted by Crippen LogP contribution is 2.37. The number of aromatic amines is 1. The van der Waals surface area contributed by atoms with Crippen molar-refractivity contribution in [2.24, 2.45) is 0 Å². The average molecular weight is 355 g/mol. The van der Waals surface area contributed by atoms with Crippen LogP contribution in [-0.2, 0) is 0 Å². The summed E-state index contributed by atoms with van der Waals surface area (Å²) in [6.07, 6.45) is 3.18. The minimum Gasteiger partial charge on any atom is -0.464 e. The Labute approximate surface area is 146 Å². The maximum Gasteiger partial charge on any atom is 0.156 e.